The second-order valence-electron chi connectivity index (χ2n) is 4.18. The van der Waals surface area contributed by atoms with E-state index in [1.807, 2.05) is 24.9 Å². The molecular formula is C13H15ClFN3. The number of aromatic nitrogens is 2. The molecule has 1 aromatic heterocycles. The summed E-state index contributed by atoms with van der Waals surface area (Å²) in [6.07, 6.45) is 1.84. The topological polar surface area (TPSA) is 29.9 Å². The van der Waals surface area contributed by atoms with Crippen molar-refractivity contribution in [1.82, 2.24) is 15.1 Å². The van der Waals surface area contributed by atoms with Crippen LogP contribution in [-0.2, 0) is 13.1 Å². The van der Waals surface area contributed by atoms with E-state index in [0.29, 0.717) is 11.6 Å². The summed E-state index contributed by atoms with van der Waals surface area (Å²) in [6.45, 7) is 3.34. The summed E-state index contributed by atoms with van der Waals surface area (Å²) in [5.41, 5.74) is 3.10. The normalized spacial score (nSPS) is 10.9. The first-order valence-electron chi connectivity index (χ1n) is 5.71. The fourth-order valence-electron chi connectivity index (χ4n) is 1.82. The average molecular weight is 268 g/mol. The quantitative estimate of drug-likeness (QED) is 0.923. The van der Waals surface area contributed by atoms with E-state index in [4.69, 9.17) is 11.6 Å². The first-order chi connectivity index (χ1) is 8.61. The minimum atomic E-state index is -0.322. The van der Waals surface area contributed by atoms with E-state index in [1.54, 1.807) is 6.07 Å². The number of benzene rings is 1. The Kier molecular flexibility index (Phi) is 3.99. The molecule has 0 aliphatic carbocycles. The minimum absolute atomic E-state index is 0.322. The Morgan fingerprint density at radius 2 is 2.17 bits per heavy atom. The van der Waals surface area contributed by atoms with Crippen molar-refractivity contribution in [2.24, 2.45) is 0 Å². The molecule has 18 heavy (non-hydrogen) atoms. The molecular weight excluding hydrogens is 253 g/mol. The molecule has 1 heterocycles. The Labute approximate surface area is 111 Å². The fraction of sp³-hybridized carbons (Fsp3) is 0.308. The summed E-state index contributed by atoms with van der Waals surface area (Å²) in [5.74, 6) is -0.322. The van der Waals surface area contributed by atoms with Gasteiger partial charge in [-0.1, -0.05) is 17.7 Å². The predicted octanol–water partition coefficient (Wildman–Crippen LogP) is 2.75. The molecule has 2 rings (SSSR count). The van der Waals surface area contributed by atoms with E-state index in [0.717, 1.165) is 23.4 Å². The van der Waals surface area contributed by atoms with Gasteiger partial charge < -0.3 is 5.32 Å². The first kappa shape index (κ1) is 13.1. The maximum atomic E-state index is 13.0. The Morgan fingerprint density at radius 3 is 2.83 bits per heavy atom. The fourth-order valence-corrected chi connectivity index (χ4v) is 2.05. The molecule has 1 aromatic carbocycles. The third-order valence-electron chi connectivity index (χ3n) is 2.91. The smallest absolute Gasteiger partial charge is 0.124 e. The van der Waals surface area contributed by atoms with E-state index in [-0.39, 0.29) is 5.82 Å². The third kappa shape index (κ3) is 2.71. The lowest BCUT2D eigenvalue weighted by Gasteiger charge is -2.07. The van der Waals surface area contributed by atoms with E-state index >= 15 is 0 Å². The van der Waals surface area contributed by atoms with Gasteiger partial charge in [-0.2, -0.15) is 5.10 Å². The van der Waals surface area contributed by atoms with Crippen LogP contribution in [0.1, 0.15) is 16.8 Å². The number of hydrogen-bond acceptors (Lipinski definition) is 2. The first-order valence-corrected chi connectivity index (χ1v) is 6.09. The van der Waals surface area contributed by atoms with Crippen molar-refractivity contribution >= 4 is 11.6 Å². The van der Waals surface area contributed by atoms with E-state index < -0.39 is 0 Å². The summed E-state index contributed by atoms with van der Waals surface area (Å²) in [5, 5.41) is 7.84. The average Bonchev–Trinajstić information content (AvgIpc) is 2.66. The highest BCUT2D eigenvalue weighted by atomic mass is 35.5. The van der Waals surface area contributed by atoms with Crippen LogP contribution in [0.4, 0.5) is 4.39 Å². The largest absolute Gasteiger partial charge is 0.316 e. The number of nitrogens with zero attached hydrogens (tertiary/aromatic N) is 2. The van der Waals surface area contributed by atoms with Crippen molar-refractivity contribution in [2.75, 3.05) is 7.05 Å². The SMILES string of the molecule is CNCc1cnn(Cc2ccc(F)cc2Cl)c1C. The number of hydrogen-bond donors (Lipinski definition) is 1. The summed E-state index contributed by atoms with van der Waals surface area (Å²) >= 11 is 6.01. The Hall–Kier alpha value is -1.39. The molecule has 3 nitrogen and oxygen atoms in total. The Bertz CT molecular complexity index is 551. The monoisotopic (exact) mass is 267 g/mol. The van der Waals surface area contributed by atoms with Gasteiger partial charge in [0.15, 0.2) is 0 Å². The lowest BCUT2D eigenvalue weighted by atomic mass is 10.2. The predicted molar refractivity (Wildman–Crippen MR) is 70.2 cm³/mol. The van der Waals surface area contributed by atoms with Crippen molar-refractivity contribution in [3.8, 4) is 0 Å². The molecule has 0 unspecified atom stereocenters. The zero-order chi connectivity index (χ0) is 13.1. The van der Waals surface area contributed by atoms with Crippen molar-refractivity contribution in [1.29, 1.82) is 0 Å². The highest BCUT2D eigenvalue weighted by Gasteiger charge is 2.08. The van der Waals surface area contributed by atoms with Gasteiger partial charge in [0.25, 0.3) is 0 Å². The van der Waals surface area contributed by atoms with Crippen LogP contribution in [0.15, 0.2) is 24.4 Å². The minimum Gasteiger partial charge on any atom is -0.316 e. The molecule has 0 aliphatic rings. The van der Waals surface area contributed by atoms with Gasteiger partial charge >= 0.3 is 0 Å². The molecule has 96 valence electrons. The molecule has 0 saturated heterocycles. The number of nitrogens with one attached hydrogen (secondary N) is 1. The van der Waals surface area contributed by atoms with Crippen LogP contribution in [0.3, 0.4) is 0 Å². The standard InChI is InChI=1S/C13H15ClFN3/c1-9-11(6-16-2)7-17-18(9)8-10-3-4-12(15)5-13(10)14/h3-5,7,16H,6,8H2,1-2H3. The molecule has 2 aromatic rings. The number of rotatable bonds is 4. The molecule has 0 bridgehead atoms. The van der Waals surface area contributed by atoms with E-state index in [2.05, 4.69) is 10.4 Å². The third-order valence-corrected chi connectivity index (χ3v) is 3.26. The van der Waals surface area contributed by atoms with Gasteiger partial charge in [-0.3, -0.25) is 4.68 Å². The van der Waals surface area contributed by atoms with Gasteiger partial charge in [-0.25, -0.2) is 4.39 Å². The zero-order valence-corrected chi connectivity index (χ0v) is 11.1. The molecule has 0 fully saturated rings. The molecule has 0 atom stereocenters. The van der Waals surface area contributed by atoms with Crippen LogP contribution < -0.4 is 5.32 Å². The summed E-state index contributed by atoms with van der Waals surface area (Å²) in [4.78, 5) is 0. The molecule has 0 aliphatic heterocycles. The molecule has 0 radical (unpaired) electrons. The second-order valence-corrected chi connectivity index (χ2v) is 4.59. The van der Waals surface area contributed by atoms with Crippen LogP contribution in [0.25, 0.3) is 0 Å². The van der Waals surface area contributed by atoms with Crippen LogP contribution in [0.5, 0.6) is 0 Å². The molecule has 0 amide bonds. The lowest BCUT2D eigenvalue weighted by molar-refractivity contribution is 0.623. The van der Waals surface area contributed by atoms with E-state index in [1.165, 1.54) is 12.1 Å². The van der Waals surface area contributed by atoms with Crippen molar-refractivity contribution < 1.29 is 4.39 Å². The maximum Gasteiger partial charge on any atom is 0.124 e. The molecule has 0 spiro atoms. The van der Waals surface area contributed by atoms with Gasteiger partial charge in [0.1, 0.15) is 5.82 Å². The summed E-state index contributed by atoms with van der Waals surface area (Å²) < 4.78 is 14.8. The zero-order valence-electron chi connectivity index (χ0n) is 10.4. The van der Waals surface area contributed by atoms with Crippen LogP contribution >= 0.6 is 11.6 Å². The highest BCUT2D eigenvalue weighted by Crippen LogP contribution is 2.19. The van der Waals surface area contributed by atoms with Gasteiger partial charge in [0, 0.05) is 22.8 Å². The van der Waals surface area contributed by atoms with Crippen LogP contribution in [-0.4, -0.2) is 16.8 Å². The second kappa shape index (κ2) is 5.50. The van der Waals surface area contributed by atoms with Crippen LogP contribution in [0, 0.1) is 12.7 Å². The van der Waals surface area contributed by atoms with Crippen LogP contribution in [0.2, 0.25) is 5.02 Å². The Morgan fingerprint density at radius 1 is 1.39 bits per heavy atom. The number of halogens is 2. The van der Waals surface area contributed by atoms with Crippen molar-refractivity contribution in [2.45, 2.75) is 20.0 Å². The van der Waals surface area contributed by atoms with Gasteiger partial charge in [-0.05, 0) is 31.7 Å². The summed E-state index contributed by atoms with van der Waals surface area (Å²) in [7, 11) is 1.90. The highest BCUT2D eigenvalue weighted by molar-refractivity contribution is 6.31. The van der Waals surface area contributed by atoms with E-state index in [9.17, 15) is 4.39 Å². The molecule has 1 N–H and O–H groups in total. The van der Waals surface area contributed by atoms with Gasteiger partial charge in [0.2, 0.25) is 0 Å². The molecule has 0 saturated carbocycles. The van der Waals surface area contributed by atoms with Gasteiger partial charge in [0.05, 0.1) is 12.7 Å². The van der Waals surface area contributed by atoms with Crippen molar-refractivity contribution in [3.63, 3.8) is 0 Å². The molecule has 5 heteroatoms. The van der Waals surface area contributed by atoms with Gasteiger partial charge in [-0.15, -0.1) is 0 Å². The lowest BCUT2D eigenvalue weighted by Crippen LogP contribution is -2.08. The summed E-state index contributed by atoms with van der Waals surface area (Å²) in [6, 6.07) is 4.43. The van der Waals surface area contributed by atoms with Crippen molar-refractivity contribution in [3.05, 3.63) is 52.1 Å². The Balaban J connectivity index is 2.23. The maximum absolute atomic E-state index is 13.0.